The lowest BCUT2D eigenvalue weighted by Crippen LogP contribution is -2.11. The van der Waals surface area contributed by atoms with Gasteiger partial charge in [-0.25, -0.2) is 26.8 Å². The molecule has 13 heteroatoms. The number of carboxylic acids is 2. The predicted molar refractivity (Wildman–Crippen MR) is 111 cm³/mol. The van der Waals surface area contributed by atoms with E-state index in [1.165, 1.54) is 0 Å². The van der Waals surface area contributed by atoms with E-state index in [9.17, 15) is 46.3 Å². The van der Waals surface area contributed by atoms with Crippen LogP contribution in [0.2, 0.25) is 0 Å². The van der Waals surface area contributed by atoms with Crippen LogP contribution in [-0.4, -0.2) is 35.1 Å². The first-order chi connectivity index (χ1) is 15.8. The Labute approximate surface area is 187 Å². The molecule has 0 aromatic heterocycles. The fourth-order valence-electron chi connectivity index (χ4n) is 3.59. The number of hydrogen-bond acceptors (Lipinski definition) is 8. The smallest absolute Gasteiger partial charge is 0.336 e. The van der Waals surface area contributed by atoms with Crippen LogP contribution >= 0.6 is 0 Å². The van der Waals surface area contributed by atoms with Crippen molar-refractivity contribution in [2.24, 2.45) is 0 Å². The minimum absolute atomic E-state index is 0.284. The number of hydrogen-bond donors (Lipinski definition) is 3. The second kappa shape index (κ2) is 7.60. The number of fused-ring (bicyclic) bond motifs is 2. The fourth-order valence-corrected chi connectivity index (χ4v) is 4.34. The highest BCUT2D eigenvalue weighted by Gasteiger charge is 2.28. The van der Waals surface area contributed by atoms with Crippen molar-refractivity contribution in [2.45, 2.75) is 4.90 Å². The molecule has 10 nitrogen and oxygen atoms in total. The highest BCUT2D eigenvalue weighted by Crippen LogP contribution is 2.45. The lowest BCUT2D eigenvalue weighted by molar-refractivity contribution is 0.0696. The average molecular weight is 490 g/mol. The molecule has 0 unspecified atom stereocenters. The molecule has 0 fully saturated rings. The van der Waals surface area contributed by atoms with Crippen LogP contribution in [0.4, 0.5) is 14.5 Å². The van der Waals surface area contributed by atoms with Gasteiger partial charge in [-0.2, -0.15) is 0 Å². The van der Waals surface area contributed by atoms with Crippen molar-refractivity contribution in [1.29, 1.82) is 0 Å². The number of carbonyl (C=O) groups is 2. The Balaban J connectivity index is 2.34. The summed E-state index contributed by atoms with van der Waals surface area (Å²) in [5, 5.41) is 18.4. The summed E-state index contributed by atoms with van der Waals surface area (Å²) in [5.74, 6) is -6.24. The quantitative estimate of drug-likeness (QED) is 0.218. The Kier molecular flexibility index (Phi) is 5.10. The third-order valence-electron chi connectivity index (χ3n) is 5.02. The topological polar surface area (TPSA) is 188 Å². The zero-order chi connectivity index (χ0) is 25.1. The van der Waals surface area contributed by atoms with Gasteiger partial charge < -0.3 is 24.9 Å². The van der Waals surface area contributed by atoms with Crippen molar-refractivity contribution in [2.75, 3.05) is 5.73 Å². The van der Waals surface area contributed by atoms with Crippen LogP contribution in [0.15, 0.2) is 50.5 Å². The van der Waals surface area contributed by atoms with Gasteiger partial charge in [0.2, 0.25) is 5.43 Å². The summed E-state index contributed by atoms with van der Waals surface area (Å²) in [7, 11) is -5.47. The number of benzene rings is 3. The molecule has 0 radical (unpaired) electrons. The molecule has 0 atom stereocenters. The molecule has 2 aliphatic rings. The predicted octanol–water partition coefficient (Wildman–Crippen LogP) is 2.73. The van der Waals surface area contributed by atoms with Crippen LogP contribution in [0.3, 0.4) is 0 Å². The van der Waals surface area contributed by atoms with Crippen LogP contribution in [0.5, 0.6) is 0 Å². The van der Waals surface area contributed by atoms with Crippen molar-refractivity contribution in [3.63, 3.8) is 0 Å². The number of anilines is 1. The van der Waals surface area contributed by atoms with Gasteiger partial charge in [0.25, 0.3) is 0 Å². The van der Waals surface area contributed by atoms with Gasteiger partial charge in [-0.3, -0.25) is 4.79 Å². The van der Waals surface area contributed by atoms with E-state index >= 15 is 0 Å². The minimum atomic E-state index is -5.47. The SMILES string of the molecule is Nc1c(F)cc2c(-c3ccc(C(=O)O)cc3C(=O)O)c3cc(F)c(=O)cc-3oc2c1S(=O)(=O)[O-]. The highest BCUT2D eigenvalue weighted by molar-refractivity contribution is 7.86. The van der Waals surface area contributed by atoms with E-state index in [1.807, 2.05) is 0 Å². The van der Waals surface area contributed by atoms with Gasteiger partial charge in [-0.1, -0.05) is 6.07 Å². The fraction of sp³-hybridized carbons (Fsp3) is 0. The molecule has 1 aliphatic carbocycles. The molecule has 0 spiro atoms. The van der Waals surface area contributed by atoms with Crippen LogP contribution in [0.1, 0.15) is 20.7 Å². The second-order valence-corrected chi connectivity index (χ2v) is 8.38. The van der Waals surface area contributed by atoms with Crippen LogP contribution in [0, 0.1) is 11.6 Å². The van der Waals surface area contributed by atoms with Gasteiger partial charge in [0, 0.05) is 22.6 Å². The molecule has 0 bridgehead atoms. The molecule has 4 rings (SSSR count). The lowest BCUT2D eigenvalue weighted by Gasteiger charge is -2.20. The number of aromatic carboxylic acids is 2. The summed E-state index contributed by atoms with van der Waals surface area (Å²) < 4.78 is 69.8. The lowest BCUT2D eigenvalue weighted by atomic mass is 9.89. The number of halogens is 2. The zero-order valence-corrected chi connectivity index (χ0v) is 17.3. The number of nitrogens with two attached hydrogens (primary N) is 1. The third-order valence-corrected chi connectivity index (χ3v) is 5.93. The maximum absolute atomic E-state index is 14.6. The van der Waals surface area contributed by atoms with E-state index in [-0.39, 0.29) is 16.7 Å². The highest BCUT2D eigenvalue weighted by atomic mass is 32.2. The maximum Gasteiger partial charge on any atom is 0.336 e. The van der Waals surface area contributed by atoms with Gasteiger partial charge in [0.15, 0.2) is 11.4 Å². The largest absolute Gasteiger partial charge is 0.744 e. The Bertz CT molecular complexity index is 1690. The van der Waals surface area contributed by atoms with Crippen molar-refractivity contribution >= 4 is 38.7 Å². The average Bonchev–Trinajstić information content (AvgIpc) is 2.73. The molecule has 0 saturated carbocycles. The minimum Gasteiger partial charge on any atom is -0.744 e. The molecule has 174 valence electrons. The van der Waals surface area contributed by atoms with Crippen molar-refractivity contribution in [3.8, 4) is 22.5 Å². The number of nitrogen functional groups attached to an aromatic ring is 1. The van der Waals surface area contributed by atoms with Gasteiger partial charge >= 0.3 is 11.9 Å². The standard InChI is InChI=1S/C21H11F2NO9S/c22-12-4-10-15(6-14(12)25)33-18-11(5-13(23)17(24)19(18)34(30,31)32)16(10)8-2-1-7(20(26)27)3-9(8)21(28)29/h1-6H,24H2,(H,26,27)(H,28,29)(H,30,31,32)/p-1. The Morgan fingerprint density at radius 3 is 2.24 bits per heavy atom. The monoisotopic (exact) mass is 490 g/mol. The Hall–Kier alpha value is -4.36. The van der Waals surface area contributed by atoms with E-state index in [0.717, 1.165) is 18.2 Å². The normalized spacial score (nSPS) is 11.7. The van der Waals surface area contributed by atoms with Crippen LogP contribution in [-0.2, 0) is 10.1 Å². The van der Waals surface area contributed by atoms with Gasteiger partial charge in [0.05, 0.1) is 16.8 Å². The molecular formula is C21H10F2NO9S-. The van der Waals surface area contributed by atoms with E-state index in [2.05, 4.69) is 0 Å². The van der Waals surface area contributed by atoms with Crippen molar-refractivity contribution in [3.05, 3.63) is 69.4 Å². The van der Waals surface area contributed by atoms with Crippen molar-refractivity contribution < 1.29 is 46.0 Å². The summed E-state index contributed by atoms with van der Waals surface area (Å²) in [6, 6.07) is 4.73. The van der Waals surface area contributed by atoms with E-state index < -0.39 is 77.6 Å². The van der Waals surface area contributed by atoms with Gasteiger partial charge in [0.1, 0.15) is 26.6 Å². The Morgan fingerprint density at radius 1 is 0.971 bits per heavy atom. The first kappa shape index (κ1) is 22.8. The molecule has 2 aromatic rings. The molecule has 34 heavy (non-hydrogen) atoms. The van der Waals surface area contributed by atoms with E-state index in [1.54, 1.807) is 0 Å². The zero-order valence-electron chi connectivity index (χ0n) is 16.5. The molecule has 1 heterocycles. The van der Waals surface area contributed by atoms with Gasteiger partial charge in [-0.15, -0.1) is 0 Å². The first-order valence-corrected chi connectivity index (χ1v) is 10.5. The van der Waals surface area contributed by atoms with Crippen molar-refractivity contribution in [1.82, 2.24) is 0 Å². The number of rotatable bonds is 4. The molecule has 0 saturated heterocycles. The van der Waals surface area contributed by atoms with Crippen LogP contribution < -0.4 is 11.2 Å². The van der Waals surface area contributed by atoms with E-state index in [4.69, 9.17) is 10.2 Å². The summed E-state index contributed by atoms with van der Waals surface area (Å²) in [6.45, 7) is 0. The van der Waals surface area contributed by atoms with E-state index in [0.29, 0.717) is 18.2 Å². The second-order valence-electron chi connectivity index (χ2n) is 7.06. The van der Waals surface area contributed by atoms with Gasteiger partial charge in [-0.05, 0) is 29.8 Å². The molecule has 1 aliphatic heterocycles. The summed E-state index contributed by atoms with van der Waals surface area (Å²) in [4.78, 5) is 33.8. The molecule has 2 aromatic carbocycles. The molecule has 0 amide bonds. The summed E-state index contributed by atoms with van der Waals surface area (Å²) in [6.07, 6.45) is 0. The number of carboxylic acid groups (broad SMARTS) is 2. The third kappa shape index (κ3) is 3.52. The first-order valence-electron chi connectivity index (χ1n) is 9.06. The maximum atomic E-state index is 14.6. The molecule has 4 N–H and O–H groups in total. The summed E-state index contributed by atoms with van der Waals surface area (Å²) in [5.41, 5.74) is 0.399. The summed E-state index contributed by atoms with van der Waals surface area (Å²) >= 11 is 0. The molecular weight excluding hydrogens is 480 g/mol. The Morgan fingerprint density at radius 2 is 1.65 bits per heavy atom. The van der Waals surface area contributed by atoms with Crippen LogP contribution in [0.25, 0.3) is 33.4 Å².